The number of furan rings is 1. The zero-order valence-corrected chi connectivity index (χ0v) is 19.8. The number of guanidine groups is 1. The Kier molecular flexibility index (Phi) is 10.7. The van der Waals surface area contributed by atoms with Crippen LogP contribution >= 0.6 is 24.0 Å². The van der Waals surface area contributed by atoms with Gasteiger partial charge < -0.3 is 24.7 Å². The zero-order chi connectivity index (χ0) is 20.3. The second kappa shape index (κ2) is 13.3. The SMILES string of the molecule is CCNC(=NCC(=O)N1CCCc2ccccc21)NCCCOCc1ccco1.I. The van der Waals surface area contributed by atoms with Gasteiger partial charge in [0, 0.05) is 31.9 Å². The molecule has 1 aliphatic rings. The number of hydrogen-bond acceptors (Lipinski definition) is 4. The molecular formula is C22H31IN4O3. The van der Waals surface area contributed by atoms with Gasteiger partial charge in [-0.1, -0.05) is 18.2 Å². The molecule has 3 rings (SSSR count). The van der Waals surface area contributed by atoms with Crippen LogP contribution in [0.15, 0.2) is 52.1 Å². The first kappa shape index (κ1) is 24.2. The van der Waals surface area contributed by atoms with Crippen molar-refractivity contribution in [2.45, 2.75) is 32.8 Å². The topological polar surface area (TPSA) is 79.1 Å². The molecule has 1 aromatic heterocycles. The highest BCUT2D eigenvalue weighted by atomic mass is 127. The summed E-state index contributed by atoms with van der Waals surface area (Å²) < 4.78 is 10.8. The lowest BCUT2D eigenvalue weighted by molar-refractivity contribution is -0.117. The maximum absolute atomic E-state index is 12.7. The Morgan fingerprint density at radius 1 is 1.23 bits per heavy atom. The summed E-state index contributed by atoms with van der Waals surface area (Å²) in [5.41, 5.74) is 2.25. The van der Waals surface area contributed by atoms with Gasteiger partial charge in [-0.25, -0.2) is 4.99 Å². The van der Waals surface area contributed by atoms with Gasteiger partial charge >= 0.3 is 0 Å². The number of benzene rings is 1. The smallest absolute Gasteiger partial charge is 0.248 e. The van der Waals surface area contributed by atoms with Crippen LogP contribution in [0.1, 0.15) is 31.1 Å². The quantitative estimate of drug-likeness (QED) is 0.227. The predicted octanol–water partition coefficient (Wildman–Crippen LogP) is 3.34. The van der Waals surface area contributed by atoms with Crippen molar-refractivity contribution in [3.8, 4) is 0 Å². The number of halogens is 1. The number of rotatable bonds is 9. The molecule has 2 aromatic rings. The molecule has 0 saturated heterocycles. The van der Waals surface area contributed by atoms with E-state index in [1.807, 2.05) is 42.2 Å². The Balaban J connectivity index is 0.00000320. The van der Waals surface area contributed by atoms with Crippen molar-refractivity contribution in [2.24, 2.45) is 4.99 Å². The third-order valence-corrected chi connectivity index (χ3v) is 4.71. The van der Waals surface area contributed by atoms with Gasteiger partial charge in [-0.3, -0.25) is 4.79 Å². The van der Waals surface area contributed by atoms with Crippen LogP contribution < -0.4 is 15.5 Å². The van der Waals surface area contributed by atoms with Gasteiger partial charge in [-0.05, 0) is 49.9 Å². The molecule has 2 N–H and O–H groups in total. The molecule has 0 aliphatic carbocycles. The largest absolute Gasteiger partial charge is 0.467 e. The highest BCUT2D eigenvalue weighted by Crippen LogP contribution is 2.26. The number of aryl methyl sites for hydroxylation is 1. The van der Waals surface area contributed by atoms with Crippen LogP contribution in [0.25, 0.3) is 0 Å². The molecular weight excluding hydrogens is 495 g/mol. The minimum absolute atomic E-state index is 0. The zero-order valence-electron chi connectivity index (χ0n) is 17.4. The Labute approximate surface area is 195 Å². The van der Waals surface area contributed by atoms with Crippen molar-refractivity contribution in [2.75, 3.05) is 37.7 Å². The van der Waals surface area contributed by atoms with E-state index in [0.29, 0.717) is 25.7 Å². The standard InChI is InChI=1S/C22H30N4O3.HI/c1-2-23-22(24-12-7-14-28-17-19-10-6-15-29-19)25-16-21(27)26-13-5-9-18-8-3-4-11-20(18)26;/h3-4,6,8,10-11,15H,2,5,7,9,12-14,16-17H2,1H3,(H2,23,24,25);1H. The van der Waals surface area contributed by atoms with Gasteiger partial charge in [0.05, 0.1) is 6.26 Å². The molecule has 1 aromatic carbocycles. The summed E-state index contributed by atoms with van der Waals surface area (Å²) in [4.78, 5) is 19.1. The molecule has 1 amide bonds. The molecule has 1 aliphatic heterocycles. The van der Waals surface area contributed by atoms with Gasteiger partial charge in [0.25, 0.3) is 0 Å². The third-order valence-electron chi connectivity index (χ3n) is 4.71. The Hall–Kier alpha value is -2.07. The van der Waals surface area contributed by atoms with Crippen LogP contribution in [0, 0.1) is 0 Å². The molecule has 8 heteroatoms. The van der Waals surface area contributed by atoms with Crippen LogP contribution in [0.2, 0.25) is 0 Å². The molecule has 0 spiro atoms. The van der Waals surface area contributed by atoms with E-state index in [2.05, 4.69) is 21.7 Å². The van der Waals surface area contributed by atoms with Crippen molar-refractivity contribution >= 4 is 41.5 Å². The molecule has 7 nitrogen and oxygen atoms in total. The van der Waals surface area contributed by atoms with E-state index in [-0.39, 0.29) is 36.4 Å². The van der Waals surface area contributed by atoms with Crippen LogP contribution in [-0.4, -0.2) is 44.7 Å². The minimum atomic E-state index is 0. The number of nitrogens with zero attached hydrogens (tertiary/aromatic N) is 2. The Bertz CT molecular complexity index is 795. The number of carbonyl (C=O) groups excluding carboxylic acids is 1. The number of ether oxygens (including phenoxy) is 1. The van der Waals surface area contributed by atoms with Crippen molar-refractivity contribution < 1.29 is 13.9 Å². The number of anilines is 1. The van der Waals surface area contributed by atoms with Crippen molar-refractivity contribution in [3.63, 3.8) is 0 Å². The Morgan fingerprint density at radius 2 is 2.10 bits per heavy atom. The molecule has 30 heavy (non-hydrogen) atoms. The van der Waals surface area contributed by atoms with Gasteiger partial charge in [-0.15, -0.1) is 24.0 Å². The molecule has 0 saturated carbocycles. The first-order chi connectivity index (χ1) is 14.3. The summed E-state index contributed by atoms with van der Waals surface area (Å²) in [7, 11) is 0. The number of para-hydroxylation sites is 1. The first-order valence-electron chi connectivity index (χ1n) is 10.3. The van der Waals surface area contributed by atoms with E-state index in [0.717, 1.165) is 43.8 Å². The van der Waals surface area contributed by atoms with Crippen molar-refractivity contribution in [1.29, 1.82) is 0 Å². The fourth-order valence-electron chi connectivity index (χ4n) is 3.31. The minimum Gasteiger partial charge on any atom is -0.467 e. The summed E-state index contributed by atoms with van der Waals surface area (Å²) in [6.07, 6.45) is 4.49. The summed E-state index contributed by atoms with van der Waals surface area (Å²) >= 11 is 0. The first-order valence-corrected chi connectivity index (χ1v) is 10.3. The van der Waals surface area contributed by atoms with Gasteiger partial charge in [-0.2, -0.15) is 0 Å². The molecule has 0 unspecified atom stereocenters. The number of amides is 1. The second-order valence-corrected chi connectivity index (χ2v) is 6.89. The van der Waals surface area contributed by atoms with E-state index in [4.69, 9.17) is 9.15 Å². The number of aliphatic imine (C=N–C) groups is 1. The molecule has 0 atom stereocenters. The number of nitrogens with one attached hydrogen (secondary N) is 2. The summed E-state index contributed by atoms with van der Waals surface area (Å²) in [6.45, 7) is 5.43. The van der Waals surface area contributed by atoms with E-state index in [1.165, 1.54) is 5.56 Å². The van der Waals surface area contributed by atoms with Crippen molar-refractivity contribution in [3.05, 3.63) is 54.0 Å². The lowest BCUT2D eigenvalue weighted by atomic mass is 10.0. The molecule has 0 bridgehead atoms. The van der Waals surface area contributed by atoms with Gasteiger partial charge in [0.1, 0.15) is 18.9 Å². The lowest BCUT2D eigenvalue weighted by Gasteiger charge is -2.29. The van der Waals surface area contributed by atoms with E-state index in [1.54, 1.807) is 6.26 Å². The highest BCUT2D eigenvalue weighted by Gasteiger charge is 2.21. The maximum Gasteiger partial charge on any atom is 0.248 e. The molecule has 164 valence electrons. The maximum atomic E-state index is 12.7. The van der Waals surface area contributed by atoms with Crippen LogP contribution in [0.4, 0.5) is 5.69 Å². The molecule has 0 radical (unpaired) electrons. The van der Waals surface area contributed by atoms with Gasteiger partial charge in [0.2, 0.25) is 5.91 Å². The molecule has 0 fully saturated rings. The summed E-state index contributed by atoms with van der Waals surface area (Å²) in [5.74, 6) is 1.50. The van der Waals surface area contributed by atoms with Crippen molar-refractivity contribution in [1.82, 2.24) is 10.6 Å². The fourth-order valence-corrected chi connectivity index (χ4v) is 3.31. The normalized spacial score (nSPS) is 13.4. The number of hydrogen-bond donors (Lipinski definition) is 2. The monoisotopic (exact) mass is 526 g/mol. The van der Waals surface area contributed by atoms with Crippen LogP contribution in [-0.2, 0) is 22.6 Å². The average molecular weight is 526 g/mol. The summed E-state index contributed by atoms with van der Waals surface area (Å²) in [5, 5.41) is 6.44. The number of fused-ring (bicyclic) bond motifs is 1. The molecule has 2 heterocycles. The lowest BCUT2D eigenvalue weighted by Crippen LogP contribution is -2.41. The van der Waals surface area contributed by atoms with E-state index in [9.17, 15) is 4.79 Å². The van der Waals surface area contributed by atoms with E-state index >= 15 is 0 Å². The fraction of sp³-hybridized carbons (Fsp3) is 0.455. The number of carbonyl (C=O) groups is 1. The Morgan fingerprint density at radius 3 is 2.90 bits per heavy atom. The van der Waals surface area contributed by atoms with Gasteiger partial charge in [0.15, 0.2) is 5.96 Å². The second-order valence-electron chi connectivity index (χ2n) is 6.89. The summed E-state index contributed by atoms with van der Waals surface area (Å²) in [6, 6.07) is 11.9. The van der Waals surface area contributed by atoms with Crippen LogP contribution in [0.3, 0.4) is 0 Å². The average Bonchev–Trinajstić information content (AvgIpc) is 3.27. The van der Waals surface area contributed by atoms with E-state index < -0.39 is 0 Å². The third kappa shape index (κ3) is 7.32. The predicted molar refractivity (Wildman–Crippen MR) is 129 cm³/mol. The van der Waals surface area contributed by atoms with Crippen LogP contribution in [0.5, 0.6) is 0 Å². The highest BCUT2D eigenvalue weighted by molar-refractivity contribution is 14.0.